The van der Waals surface area contributed by atoms with Crippen molar-refractivity contribution in [3.8, 4) is 0 Å². The Bertz CT molecular complexity index is 1180. The van der Waals surface area contributed by atoms with Crippen LogP contribution in [0.5, 0.6) is 0 Å². The molecule has 222 valence electrons. The van der Waals surface area contributed by atoms with Crippen molar-refractivity contribution in [3.05, 3.63) is 46.3 Å². The zero-order valence-corrected chi connectivity index (χ0v) is 26.8. The van der Waals surface area contributed by atoms with Crippen LogP contribution in [-0.4, -0.2) is 34.2 Å². The second-order valence-electron chi connectivity index (χ2n) is 14.4. The lowest BCUT2D eigenvalue weighted by atomic mass is 9.38. The average Bonchev–Trinajstić information content (AvgIpc) is 3.28. The van der Waals surface area contributed by atoms with Crippen molar-refractivity contribution < 1.29 is 24.2 Å². The molecule has 0 amide bonds. The van der Waals surface area contributed by atoms with E-state index in [-0.39, 0.29) is 41.9 Å². The average molecular weight is 553 g/mol. The van der Waals surface area contributed by atoms with Crippen LogP contribution < -0.4 is 0 Å². The monoisotopic (exact) mass is 552 g/mol. The van der Waals surface area contributed by atoms with Gasteiger partial charge in [-0.15, -0.1) is 0 Å². The molecule has 2 bridgehead atoms. The minimum Gasteiger partial charge on any atom is -0.489 e. The van der Waals surface area contributed by atoms with E-state index in [1.807, 2.05) is 33.8 Å². The molecule has 5 nitrogen and oxygen atoms in total. The van der Waals surface area contributed by atoms with Crippen LogP contribution in [0.25, 0.3) is 0 Å². The van der Waals surface area contributed by atoms with Gasteiger partial charge in [-0.25, -0.2) is 0 Å². The molecule has 0 aromatic rings. The Kier molecular flexibility index (Phi) is 9.02. The summed E-state index contributed by atoms with van der Waals surface area (Å²) < 4.78 is 6.52. The Hall–Kier alpha value is -2.27. The van der Waals surface area contributed by atoms with Crippen molar-refractivity contribution in [2.24, 2.45) is 28.1 Å². The zero-order valence-electron chi connectivity index (χ0n) is 26.8. The smallest absolute Gasteiger partial charge is 0.176 e. The van der Waals surface area contributed by atoms with Gasteiger partial charge in [-0.05, 0) is 98.8 Å². The van der Waals surface area contributed by atoms with Crippen LogP contribution in [0.2, 0.25) is 0 Å². The molecular weight excluding hydrogens is 500 g/mol. The third-order valence-electron chi connectivity index (χ3n) is 9.67. The van der Waals surface area contributed by atoms with E-state index in [0.29, 0.717) is 24.8 Å². The lowest BCUT2D eigenvalue weighted by Gasteiger charge is -2.61. The molecule has 0 spiro atoms. The zero-order chi connectivity index (χ0) is 30.4. The van der Waals surface area contributed by atoms with E-state index in [4.69, 9.17) is 4.74 Å². The summed E-state index contributed by atoms with van der Waals surface area (Å²) in [6.45, 7) is 21.3. The molecule has 1 heterocycles. The maximum atomic E-state index is 15.2. The van der Waals surface area contributed by atoms with Crippen molar-refractivity contribution in [2.45, 2.75) is 126 Å². The molecule has 0 unspecified atom stereocenters. The van der Waals surface area contributed by atoms with Gasteiger partial charge in [-0.1, -0.05) is 55.7 Å². The van der Waals surface area contributed by atoms with E-state index in [1.165, 1.54) is 11.1 Å². The van der Waals surface area contributed by atoms with Crippen molar-refractivity contribution in [2.75, 3.05) is 0 Å². The highest BCUT2D eigenvalue weighted by Gasteiger charge is 2.77. The molecule has 1 saturated carbocycles. The van der Waals surface area contributed by atoms with Gasteiger partial charge in [0.1, 0.15) is 11.9 Å². The highest BCUT2D eigenvalue weighted by Crippen LogP contribution is 2.69. The molecule has 5 heteroatoms. The molecule has 1 aliphatic heterocycles. The molecule has 3 aliphatic rings. The number of allylic oxidation sites excluding steroid dienone is 7. The normalized spacial score (nSPS) is 31.5. The minimum absolute atomic E-state index is 0.0956. The van der Waals surface area contributed by atoms with E-state index < -0.39 is 33.9 Å². The predicted molar refractivity (Wildman–Crippen MR) is 161 cm³/mol. The third kappa shape index (κ3) is 5.12. The van der Waals surface area contributed by atoms with E-state index in [2.05, 4.69) is 46.8 Å². The Morgan fingerprint density at radius 1 is 1.02 bits per heavy atom. The number of ketones is 3. The van der Waals surface area contributed by atoms with Crippen molar-refractivity contribution in [3.63, 3.8) is 0 Å². The van der Waals surface area contributed by atoms with Gasteiger partial charge in [-0.2, -0.15) is 0 Å². The van der Waals surface area contributed by atoms with Crippen LogP contribution in [0.1, 0.15) is 115 Å². The number of aliphatic hydroxyl groups is 1. The summed E-state index contributed by atoms with van der Waals surface area (Å²) in [4.78, 5) is 44.6. The van der Waals surface area contributed by atoms with E-state index in [1.54, 1.807) is 13.8 Å². The Morgan fingerprint density at radius 3 is 2.10 bits per heavy atom. The predicted octanol–water partition coefficient (Wildman–Crippen LogP) is 7.64. The van der Waals surface area contributed by atoms with E-state index in [0.717, 1.165) is 12.0 Å². The van der Waals surface area contributed by atoms with Crippen molar-refractivity contribution in [1.29, 1.82) is 0 Å². The maximum absolute atomic E-state index is 15.2. The number of hydrogen-bond acceptors (Lipinski definition) is 5. The molecule has 40 heavy (non-hydrogen) atoms. The first-order valence-corrected chi connectivity index (χ1v) is 15.0. The SMILES string of the molecule is CC(C)=CCC[C@]1(C)[C@@H](CC=C(C)C)C[C@]2(CC=C(C)C)C(=O)C3=C(O[C@H](C(C)(C)O)C3)[C@@]1(C(=O)C(C)C)C2=O. The number of ether oxygens (including phenoxy) is 1. The summed E-state index contributed by atoms with van der Waals surface area (Å²) >= 11 is 0. The van der Waals surface area contributed by atoms with Gasteiger partial charge in [0.15, 0.2) is 22.8 Å². The Labute approximate surface area is 242 Å². The van der Waals surface area contributed by atoms with Gasteiger partial charge >= 0.3 is 0 Å². The highest BCUT2D eigenvalue weighted by atomic mass is 16.5. The van der Waals surface area contributed by atoms with Gasteiger partial charge in [0.2, 0.25) is 0 Å². The topological polar surface area (TPSA) is 80.7 Å². The summed E-state index contributed by atoms with van der Waals surface area (Å²) in [6, 6.07) is 0. The molecule has 2 aliphatic carbocycles. The van der Waals surface area contributed by atoms with Gasteiger partial charge < -0.3 is 9.84 Å². The summed E-state index contributed by atoms with van der Waals surface area (Å²) in [5, 5.41) is 11.0. The van der Waals surface area contributed by atoms with Crippen LogP contribution in [0.15, 0.2) is 46.3 Å². The van der Waals surface area contributed by atoms with Gasteiger partial charge in [0, 0.05) is 17.9 Å². The second-order valence-corrected chi connectivity index (χ2v) is 14.4. The summed E-state index contributed by atoms with van der Waals surface area (Å²) in [5.74, 6) is -0.967. The number of Topliss-reactive ketones (excluding diaryl/α,β-unsaturated/α-hetero) is 3. The molecular formula is C35H52O5. The fourth-order valence-corrected chi connectivity index (χ4v) is 7.31. The first kappa shape index (κ1) is 32.2. The first-order chi connectivity index (χ1) is 18.4. The quantitative estimate of drug-likeness (QED) is 0.223. The van der Waals surface area contributed by atoms with Gasteiger partial charge in [-0.3, -0.25) is 14.4 Å². The van der Waals surface area contributed by atoms with Crippen molar-refractivity contribution >= 4 is 17.3 Å². The van der Waals surface area contributed by atoms with Gasteiger partial charge in [0.05, 0.1) is 11.0 Å². The standard InChI is InChI=1S/C35H52O5/c1-21(2)13-12-17-33(11)25(15-14-22(3)4)20-34(18-16-23(5)6)29(37)26-19-27(32(9,10)39)40-30(26)35(33,31(34)38)28(36)24(7)8/h13-14,16,24-25,27,39H,12,15,17-20H2,1-11H3/t25-,27-,33+,34+,35-/m0/s1. The second kappa shape index (κ2) is 11.2. The molecule has 3 rings (SSSR count). The van der Waals surface area contributed by atoms with Crippen LogP contribution in [0.3, 0.4) is 0 Å². The summed E-state index contributed by atoms with van der Waals surface area (Å²) in [7, 11) is 0. The molecule has 0 saturated heterocycles. The first-order valence-electron chi connectivity index (χ1n) is 15.0. The molecule has 0 aromatic carbocycles. The van der Waals surface area contributed by atoms with Crippen LogP contribution in [-0.2, 0) is 19.1 Å². The number of carbonyl (C=O) groups excluding carboxylic acids is 3. The van der Waals surface area contributed by atoms with Crippen LogP contribution >= 0.6 is 0 Å². The molecule has 1 fully saturated rings. The maximum Gasteiger partial charge on any atom is 0.176 e. The summed E-state index contributed by atoms with van der Waals surface area (Å²) in [6.07, 6.45) is 8.54. The lowest BCUT2D eigenvalue weighted by Crippen LogP contribution is -2.69. The number of hydrogen-bond donors (Lipinski definition) is 1. The van der Waals surface area contributed by atoms with Crippen LogP contribution in [0, 0.1) is 28.1 Å². The molecule has 1 N–H and O–H groups in total. The number of fused-ring (bicyclic) bond motifs is 3. The third-order valence-corrected chi connectivity index (χ3v) is 9.67. The molecule has 0 aromatic heterocycles. The van der Waals surface area contributed by atoms with Gasteiger partial charge in [0.25, 0.3) is 0 Å². The lowest BCUT2D eigenvalue weighted by molar-refractivity contribution is -0.181. The van der Waals surface area contributed by atoms with Crippen LogP contribution in [0.4, 0.5) is 0 Å². The molecule has 0 radical (unpaired) electrons. The largest absolute Gasteiger partial charge is 0.489 e. The minimum atomic E-state index is -1.59. The molecule has 5 atom stereocenters. The van der Waals surface area contributed by atoms with E-state index >= 15 is 4.79 Å². The number of carbonyl (C=O) groups is 3. The highest BCUT2D eigenvalue weighted by molar-refractivity contribution is 6.27. The van der Waals surface area contributed by atoms with E-state index in [9.17, 15) is 14.7 Å². The summed E-state index contributed by atoms with van der Waals surface area (Å²) in [5.41, 5.74) is -1.12. The van der Waals surface area contributed by atoms with Crippen molar-refractivity contribution in [1.82, 2.24) is 0 Å². The number of rotatable bonds is 10. The Balaban J connectivity index is 2.46. The fraction of sp³-hybridized carbons (Fsp3) is 0.686. The fourth-order valence-electron chi connectivity index (χ4n) is 7.31. The Morgan fingerprint density at radius 2 is 1.60 bits per heavy atom.